The van der Waals surface area contributed by atoms with E-state index in [1.54, 1.807) is 36.5 Å². The molecule has 1 heterocycles. The molecular formula is C16H8Cl2N2O. The summed E-state index contributed by atoms with van der Waals surface area (Å²) in [5.74, 6) is -0.228. The van der Waals surface area contributed by atoms with Crippen molar-refractivity contribution in [2.45, 2.75) is 0 Å². The van der Waals surface area contributed by atoms with Gasteiger partial charge in [-0.15, -0.1) is 0 Å². The second kappa shape index (κ2) is 5.25. The van der Waals surface area contributed by atoms with Gasteiger partial charge in [-0.05, 0) is 30.3 Å². The van der Waals surface area contributed by atoms with E-state index < -0.39 is 0 Å². The molecule has 0 radical (unpaired) electrons. The number of benzene rings is 2. The first-order valence-corrected chi connectivity index (χ1v) is 6.87. The third-order valence-electron chi connectivity index (χ3n) is 3.20. The quantitative estimate of drug-likeness (QED) is 0.704. The van der Waals surface area contributed by atoms with E-state index in [9.17, 15) is 10.1 Å². The van der Waals surface area contributed by atoms with Gasteiger partial charge in [-0.1, -0.05) is 29.3 Å². The lowest BCUT2D eigenvalue weighted by molar-refractivity contribution is 0.104. The number of carbonyl (C=O) groups is 1. The number of nitrogens with one attached hydrogen (secondary N) is 1. The van der Waals surface area contributed by atoms with E-state index in [0.717, 1.165) is 5.52 Å². The van der Waals surface area contributed by atoms with Crippen LogP contribution in [0.5, 0.6) is 0 Å². The van der Waals surface area contributed by atoms with Gasteiger partial charge in [0.25, 0.3) is 0 Å². The fourth-order valence-corrected chi connectivity index (χ4v) is 2.82. The second-order valence-electron chi connectivity index (χ2n) is 4.53. The van der Waals surface area contributed by atoms with Crippen LogP contribution >= 0.6 is 23.2 Å². The zero-order chi connectivity index (χ0) is 15.0. The number of hydrogen-bond acceptors (Lipinski definition) is 2. The predicted molar refractivity (Wildman–Crippen MR) is 82.9 cm³/mol. The molecule has 3 rings (SSSR count). The smallest absolute Gasteiger partial charge is 0.195 e. The van der Waals surface area contributed by atoms with E-state index in [4.69, 9.17) is 23.2 Å². The van der Waals surface area contributed by atoms with E-state index >= 15 is 0 Å². The van der Waals surface area contributed by atoms with Gasteiger partial charge < -0.3 is 4.98 Å². The zero-order valence-corrected chi connectivity index (χ0v) is 12.2. The number of ketones is 1. The molecule has 0 spiro atoms. The zero-order valence-electron chi connectivity index (χ0n) is 10.7. The van der Waals surface area contributed by atoms with Gasteiger partial charge in [0.15, 0.2) is 5.78 Å². The van der Waals surface area contributed by atoms with Crippen LogP contribution < -0.4 is 0 Å². The first-order valence-electron chi connectivity index (χ1n) is 6.11. The van der Waals surface area contributed by atoms with Gasteiger partial charge in [-0.25, -0.2) is 0 Å². The third kappa shape index (κ3) is 2.40. The van der Waals surface area contributed by atoms with Crippen molar-refractivity contribution in [1.82, 2.24) is 4.98 Å². The lowest BCUT2D eigenvalue weighted by atomic mass is 10.00. The number of aromatic nitrogens is 1. The molecule has 5 heteroatoms. The molecular weight excluding hydrogens is 307 g/mol. The highest BCUT2D eigenvalue weighted by Gasteiger charge is 2.17. The Morgan fingerprint density at radius 2 is 1.86 bits per heavy atom. The van der Waals surface area contributed by atoms with Crippen LogP contribution in [0.1, 0.15) is 21.5 Å². The topological polar surface area (TPSA) is 56.6 Å². The molecule has 0 aliphatic heterocycles. The van der Waals surface area contributed by atoms with Crippen molar-refractivity contribution in [2.75, 3.05) is 0 Å². The van der Waals surface area contributed by atoms with Crippen LogP contribution in [-0.4, -0.2) is 10.8 Å². The van der Waals surface area contributed by atoms with Crippen LogP contribution in [0.4, 0.5) is 0 Å². The highest BCUT2D eigenvalue weighted by molar-refractivity contribution is 6.35. The van der Waals surface area contributed by atoms with E-state index in [1.165, 1.54) is 0 Å². The molecule has 1 N–H and O–H groups in total. The van der Waals surface area contributed by atoms with E-state index in [2.05, 4.69) is 11.1 Å². The Hall–Kier alpha value is -2.28. The minimum absolute atomic E-state index is 0.228. The molecule has 0 fully saturated rings. The van der Waals surface area contributed by atoms with Crippen LogP contribution in [0.25, 0.3) is 10.9 Å². The summed E-state index contributed by atoms with van der Waals surface area (Å²) < 4.78 is 0. The largest absolute Gasteiger partial charge is 0.360 e. The van der Waals surface area contributed by atoms with Gasteiger partial charge in [-0.2, -0.15) is 5.26 Å². The predicted octanol–water partition coefficient (Wildman–Crippen LogP) is 4.58. The Labute approximate surface area is 130 Å². The monoisotopic (exact) mass is 314 g/mol. The molecule has 21 heavy (non-hydrogen) atoms. The maximum atomic E-state index is 12.6. The molecule has 0 bridgehead atoms. The highest BCUT2D eigenvalue weighted by Crippen LogP contribution is 2.27. The first kappa shape index (κ1) is 13.7. The summed E-state index contributed by atoms with van der Waals surface area (Å²) in [6.45, 7) is 0. The van der Waals surface area contributed by atoms with Gasteiger partial charge in [0.1, 0.15) is 0 Å². The minimum Gasteiger partial charge on any atom is -0.360 e. The molecule has 2 aromatic carbocycles. The summed E-state index contributed by atoms with van der Waals surface area (Å²) in [7, 11) is 0. The molecule has 0 atom stereocenters. The Kier molecular flexibility index (Phi) is 3.42. The number of H-pyrrole nitrogens is 1. The molecule has 0 aliphatic carbocycles. The number of halogens is 2. The van der Waals surface area contributed by atoms with Crippen molar-refractivity contribution >= 4 is 39.9 Å². The molecule has 1 aromatic heterocycles. The first-order chi connectivity index (χ1) is 10.1. The van der Waals surface area contributed by atoms with Crippen LogP contribution in [0, 0.1) is 11.3 Å². The van der Waals surface area contributed by atoms with Gasteiger partial charge in [0.05, 0.1) is 11.6 Å². The van der Waals surface area contributed by atoms with Gasteiger partial charge in [-0.3, -0.25) is 4.79 Å². The van der Waals surface area contributed by atoms with Crippen molar-refractivity contribution in [2.24, 2.45) is 0 Å². The van der Waals surface area contributed by atoms with Crippen molar-refractivity contribution in [3.8, 4) is 6.07 Å². The number of hydrogen-bond donors (Lipinski definition) is 1. The number of fused-ring (bicyclic) bond motifs is 1. The minimum atomic E-state index is -0.228. The molecule has 0 aliphatic rings. The number of rotatable bonds is 2. The lowest BCUT2D eigenvalue weighted by Crippen LogP contribution is -2.01. The molecule has 0 saturated carbocycles. The number of nitriles is 1. The fraction of sp³-hybridized carbons (Fsp3) is 0. The Morgan fingerprint density at radius 1 is 1.14 bits per heavy atom. The standard InChI is InChI=1S/C16H8Cl2N2O/c17-11-4-10(5-12(18)6-11)16(21)13-8-20-14-3-1-2-9(7-19)15(13)14/h1-6,8,20H. The van der Waals surface area contributed by atoms with Crippen LogP contribution in [-0.2, 0) is 0 Å². The van der Waals surface area contributed by atoms with Gasteiger partial charge in [0, 0.05) is 38.3 Å². The van der Waals surface area contributed by atoms with Crippen molar-refractivity contribution in [1.29, 1.82) is 5.26 Å². The summed E-state index contributed by atoms with van der Waals surface area (Å²) in [4.78, 5) is 15.7. The SMILES string of the molecule is N#Cc1cccc2[nH]cc(C(=O)c3cc(Cl)cc(Cl)c3)c12. The van der Waals surface area contributed by atoms with Gasteiger partial charge >= 0.3 is 0 Å². The van der Waals surface area contributed by atoms with Crippen LogP contribution in [0.2, 0.25) is 10.0 Å². The van der Waals surface area contributed by atoms with E-state index in [0.29, 0.717) is 32.1 Å². The fourth-order valence-electron chi connectivity index (χ4n) is 2.30. The Bertz CT molecular complexity index is 886. The third-order valence-corrected chi connectivity index (χ3v) is 3.63. The Morgan fingerprint density at radius 3 is 2.52 bits per heavy atom. The molecule has 3 nitrogen and oxygen atoms in total. The molecule has 102 valence electrons. The summed E-state index contributed by atoms with van der Waals surface area (Å²) >= 11 is 11.9. The second-order valence-corrected chi connectivity index (χ2v) is 5.40. The number of aromatic amines is 1. The summed E-state index contributed by atoms with van der Waals surface area (Å²) in [6.07, 6.45) is 1.60. The average Bonchev–Trinajstić information content (AvgIpc) is 2.89. The maximum Gasteiger partial charge on any atom is 0.195 e. The molecule has 0 amide bonds. The number of carbonyl (C=O) groups excluding carboxylic acids is 1. The highest BCUT2D eigenvalue weighted by atomic mass is 35.5. The maximum absolute atomic E-state index is 12.6. The van der Waals surface area contributed by atoms with Crippen LogP contribution in [0.3, 0.4) is 0 Å². The van der Waals surface area contributed by atoms with Crippen LogP contribution in [0.15, 0.2) is 42.6 Å². The van der Waals surface area contributed by atoms with Gasteiger partial charge in [0.2, 0.25) is 0 Å². The van der Waals surface area contributed by atoms with Crippen molar-refractivity contribution < 1.29 is 4.79 Å². The lowest BCUT2D eigenvalue weighted by Gasteiger charge is -2.03. The van der Waals surface area contributed by atoms with Crippen molar-refractivity contribution in [3.05, 3.63) is 69.3 Å². The number of nitrogens with zero attached hydrogens (tertiary/aromatic N) is 1. The Balaban J connectivity index is 2.21. The summed E-state index contributed by atoms with van der Waals surface area (Å²) in [6, 6.07) is 12.0. The summed E-state index contributed by atoms with van der Waals surface area (Å²) in [5.41, 5.74) is 2.01. The van der Waals surface area contributed by atoms with Crippen molar-refractivity contribution in [3.63, 3.8) is 0 Å². The average molecular weight is 315 g/mol. The van der Waals surface area contributed by atoms with E-state index in [-0.39, 0.29) is 5.78 Å². The molecule has 0 unspecified atom stereocenters. The molecule has 3 aromatic rings. The molecule has 0 saturated heterocycles. The normalized spacial score (nSPS) is 10.5. The summed E-state index contributed by atoms with van der Waals surface area (Å²) in [5, 5.41) is 10.6. The van der Waals surface area contributed by atoms with E-state index in [1.807, 2.05) is 6.07 Å².